The summed E-state index contributed by atoms with van der Waals surface area (Å²) in [6.07, 6.45) is 0.320. The van der Waals surface area contributed by atoms with Gasteiger partial charge in [0.05, 0.1) is 13.5 Å². The van der Waals surface area contributed by atoms with E-state index in [4.69, 9.17) is 4.74 Å². The van der Waals surface area contributed by atoms with Crippen molar-refractivity contribution in [2.24, 2.45) is 5.10 Å². The van der Waals surface area contributed by atoms with Crippen LogP contribution in [0.3, 0.4) is 0 Å². The van der Waals surface area contributed by atoms with Gasteiger partial charge < -0.3 is 4.74 Å². The Morgan fingerprint density at radius 1 is 1.31 bits per heavy atom. The van der Waals surface area contributed by atoms with Gasteiger partial charge >= 0.3 is 0 Å². The van der Waals surface area contributed by atoms with Crippen LogP contribution < -0.4 is 10.2 Å². The van der Waals surface area contributed by atoms with Gasteiger partial charge in [0.15, 0.2) is 0 Å². The van der Waals surface area contributed by atoms with Gasteiger partial charge in [-0.3, -0.25) is 4.79 Å². The summed E-state index contributed by atoms with van der Waals surface area (Å²) in [7, 11) is 1.61. The summed E-state index contributed by atoms with van der Waals surface area (Å²) in [5.74, 6) is 0.665. The van der Waals surface area contributed by atoms with Crippen LogP contribution in [-0.2, 0) is 11.2 Å². The Morgan fingerprint density at radius 2 is 1.94 bits per heavy atom. The summed E-state index contributed by atoms with van der Waals surface area (Å²) < 4.78 is 5.03. The molecule has 16 heavy (non-hydrogen) atoms. The van der Waals surface area contributed by atoms with E-state index in [-0.39, 0.29) is 5.91 Å². The molecule has 0 bridgehead atoms. The normalized spacial score (nSPS) is 9.44. The number of nitrogens with one attached hydrogen (secondary N) is 1. The number of hydrogen-bond donors (Lipinski definition) is 1. The molecular weight excluding hydrogens is 204 g/mol. The van der Waals surface area contributed by atoms with E-state index in [9.17, 15) is 4.79 Å². The first-order valence-electron chi connectivity index (χ1n) is 5.04. The third-order valence-corrected chi connectivity index (χ3v) is 1.93. The molecule has 0 aliphatic carbocycles. The molecule has 1 aromatic rings. The monoisotopic (exact) mass is 220 g/mol. The zero-order chi connectivity index (χ0) is 12.0. The molecular formula is C12H16N2O2. The highest BCUT2D eigenvalue weighted by Gasteiger charge is 2.02. The van der Waals surface area contributed by atoms with E-state index in [1.807, 2.05) is 38.1 Å². The van der Waals surface area contributed by atoms with E-state index in [2.05, 4.69) is 10.5 Å². The Labute approximate surface area is 95.3 Å². The van der Waals surface area contributed by atoms with Crippen LogP contribution in [0.2, 0.25) is 0 Å². The molecule has 0 aliphatic heterocycles. The Kier molecular flexibility index (Phi) is 4.51. The highest BCUT2D eigenvalue weighted by atomic mass is 16.5. The zero-order valence-corrected chi connectivity index (χ0v) is 9.78. The smallest absolute Gasteiger partial charge is 0.244 e. The molecule has 0 aliphatic rings. The molecule has 1 amide bonds. The molecule has 0 aromatic heterocycles. The number of carbonyl (C=O) groups excluding carboxylic acids is 1. The molecule has 0 radical (unpaired) electrons. The largest absolute Gasteiger partial charge is 0.497 e. The van der Waals surface area contributed by atoms with Gasteiger partial charge in [0, 0.05) is 5.71 Å². The number of hydrazone groups is 1. The summed E-state index contributed by atoms with van der Waals surface area (Å²) in [5.41, 5.74) is 4.23. The first-order chi connectivity index (χ1) is 7.61. The van der Waals surface area contributed by atoms with Crippen molar-refractivity contribution in [3.05, 3.63) is 29.8 Å². The topological polar surface area (TPSA) is 50.7 Å². The van der Waals surface area contributed by atoms with E-state index in [0.717, 1.165) is 17.0 Å². The minimum Gasteiger partial charge on any atom is -0.497 e. The quantitative estimate of drug-likeness (QED) is 0.620. The number of benzene rings is 1. The summed E-state index contributed by atoms with van der Waals surface area (Å²) in [6.45, 7) is 3.65. The number of carbonyl (C=O) groups is 1. The number of ether oxygens (including phenoxy) is 1. The molecule has 0 fully saturated rings. The minimum absolute atomic E-state index is 0.119. The van der Waals surface area contributed by atoms with Crippen molar-refractivity contribution >= 4 is 11.6 Å². The highest BCUT2D eigenvalue weighted by Crippen LogP contribution is 2.11. The molecule has 1 rings (SSSR count). The fourth-order valence-corrected chi connectivity index (χ4v) is 1.14. The van der Waals surface area contributed by atoms with Crippen molar-refractivity contribution in [2.45, 2.75) is 20.3 Å². The Bertz CT molecular complexity index is 379. The highest BCUT2D eigenvalue weighted by molar-refractivity contribution is 5.83. The second-order valence-corrected chi connectivity index (χ2v) is 3.62. The lowest BCUT2D eigenvalue weighted by Gasteiger charge is -2.03. The Morgan fingerprint density at radius 3 is 2.44 bits per heavy atom. The van der Waals surface area contributed by atoms with Crippen molar-refractivity contribution in [1.29, 1.82) is 0 Å². The number of methoxy groups -OCH3 is 1. The van der Waals surface area contributed by atoms with Crippen LogP contribution in [0.4, 0.5) is 0 Å². The average molecular weight is 220 g/mol. The summed E-state index contributed by atoms with van der Waals surface area (Å²) >= 11 is 0. The van der Waals surface area contributed by atoms with Crippen molar-refractivity contribution in [3.8, 4) is 5.75 Å². The number of rotatable bonds is 4. The van der Waals surface area contributed by atoms with Crippen LogP contribution in [0, 0.1) is 0 Å². The molecule has 86 valence electrons. The van der Waals surface area contributed by atoms with Gasteiger partial charge in [-0.15, -0.1) is 0 Å². The molecule has 0 heterocycles. The fourth-order valence-electron chi connectivity index (χ4n) is 1.14. The lowest BCUT2D eigenvalue weighted by molar-refractivity contribution is -0.120. The first-order valence-corrected chi connectivity index (χ1v) is 5.04. The second-order valence-electron chi connectivity index (χ2n) is 3.62. The Hall–Kier alpha value is -1.84. The van der Waals surface area contributed by atoms with Gasteiger partial charge in [-0.1, -0.05) is 12.1 Å². The summed E-state index contributed by atoms with van der Waals surface area (Å²) in [4.78, 5) is 11.4. The molecule has 0 unspecified atom stereocenters. The van der Waals surface area contributed by atoms with Gasteiger partial charge in [0.1, 0.15) is 5.75 Å². The standard InChI is InChI=1S/C12H16N2O2/c1-9(2)13-14-12(15)8-10-4-6-11(16-3)7-5-10/h4-7H,8H2,1-3H3,(H,14,15). The second kappa shape index (κ2) is 5.90. The van der Waals surface area contributed by atoms with E-state index >= 15 is 0 Å². The maximum atomic E-state index is 11.4. The van der Waals surface area contributed by atoms with Crippen LogP contribution in [0.25, 0.3) is 0 Å². The molecule has 4 heteroatoms. The number of nitrogens with zero attached hydrogens (tertiary/aromatic N) is 1. The maximum absolute atomic E-state index is 11.4. The van der Waals surface area contributed by atoms with Crippen LogP contribution in [-0.4, -0.2) is 18.7 Å². The molecule has 0 saturated heterocycles. The van der Waals surface area contributed by atoms with Crippen molar-refractivity contribution in [2.75, 3.05) is 7.11 Å². The van der Waals surface area contributed by atoms with Crippen LogP contribution in [0.15, 0.2) is 29.4 Å². The molecule has 4 nitrogen and oxygen atoms in total. The van der Waals surface area contributed by atoms with Gasteiger partial charge in [-0.25, -0.2) is 5.43 Å². The van der Waals surface area contributed by atoms with E-state index < -0.39 is 0 Å². The number of hydrogen-bond acceptors (Lipinski definition) is 3. The van der Waals surface area contributed by atoms with E-state index in [1.165, 1.54) is 0 Å². The molecule has 0 atom stereocenters. The summed E-state index contributed by atoms with van der Waals surface area (Å²) in [5, 5.41) is 3.85. The minimum atomic E-state index is -0.119. The van der Waals surface area contributed by atoms with Gasteiger partial charge in [0.2, 0.25) is 5.91 Å². The predicted molar refractivity (Wildman–Crippen MR) is 63.6 cm³/mol. The van der Waals surface area contributed by atoms with E-state index in [0.29, 0.717) is 6.42 Å². The van der Waals surface area contributed by atoms with Crippen molar-refractivity contribution in [1.82, 2.24) is 5.43 Å². The van der Waals surface area contributed by atoms with Crippen molar-refractivity contribution < 1.29 is 9.53 Å². The Balaban J connectivity index is 2.53. The average Bonchev–Trinajstić information content (AvgIpc) is 2.27. The van der Waals surface area contributed by atoms with Gasteiger partial charge in [-0.2, -0.15) is 5.10 Å². The van der Waals surface area contributed by atoms with Crippen LogP contribution >= 0.6 is 0 Å². The lowest BCUT2D eigenvalue weighted by atomic mass is 10.1. The molecule has 1 aromatic carbocycles. The molecule has 0 spiro atoms. The third kappa shape index (κ3) is 4.13. The third-order valence-electron chi connectivity index (χ3n) is 1.93. The lowest BCUT2D eigenvalue weighted by Crippen LogP contribution is -2.20. The first kappa shape index (κ1) is 12.2. The zero-order valence-electron chi connectivity index (χ0n) is 9.78. The van der Waals surface area contributed by atoms with Crippen LogP contribution in [0.5, 0.6) is 5.75 Å². The van der Waals surface area contributed by atoms with Crippen LogP contribution in [0.1, 0.15) is 19.4 Å². The molecule has 1 N–H and O–H groups in total. The van der Waals surface area contributed by atoms with Gasteiger partial charge in [0.25, 0.3) is 0 Å². The molecule has 0 saturated carbocycles. The fraction of sp³-hybridized carbons (Fsp3) is 0.333. The maximum Gasteiger partial charge on any atom is 0.244 e. The number of amides is 1. The predicted octanol–water partition coefficient (Wildman–Crippen LogP) is 1.75. The van der Waals surface area contributed by atoms with E-state index in [1.54, 1.807) is 7.11 Å². The SMILES string of the molecule is COc1ccc(CC(=O)NN=C(C)C)cc1. The van der Waals surface area contributed by atoms with Crippen molar-refractivity contribution in [3.63, 3.8) is 0 Å². The van der Waals surface area contributed by atoms with Gasteiger partial charge in [-0.05, 0) is 31.5 Å². The summed E-state index contributed by atoms with van der Waals surface area (Å²) in [6, 6.07) is 7.38.